The van der Waals surface area contributed by atoms with E-state index in [9.17, 15) is 13.2 Å². The van der Waals surface area contributed by atoms with Crippen molar-refractivity contribution in [1.82, 2.24) is 9.62 Å². The van der Waals surface area contributed by atoms with Crippen LogP contribution in [0.1, 0.15) is 51.9 Å². The zero-order valence-electron chi connectivity index (χ0n) is 17.1. The minimum absolute atomic E-state index is 0.0124. The maximum atomic E-state index is 13.1. The second kappa shape index (κ2) is 6.98. The molecule has 1 N–H and O–H groups in total. The number of sulfonamides is 1. The summed E-state index contributed by atoms with van der Waals surface area (Å²) in [6.45, 7) is 3.97. The van der Waals surface area contributed by atoms with Gasteiger partial charge < -0.3 is 9.80 Å². The first-order chi connectivity index (χ1) is 13.9. The summed E-state index contributed by atoms with van der Waals surface area (Å²) in [6, 6.07) is 7.09. The molecule has 7 heteroatoms. The van der Waals surface area contributed by atoms with E-state index in [2.05, 4.69) is 9.62 Å². The Morgan fingerprint density at radius 2 is 1.86 bits per heavy atom. The fraction of sp³-hybridized carbons (Fsp3) is 0.682. The highest BCUT2D eigenvalue weighted by Crippen LogP contribution is 2.47. The van der Waals surface area contributed by atoms with Crippen LogP contribution in [0.2, 0.25) is 0 Å². The van der Waals surface area contributed by atoms with E-state index in [1.54, 1.807) is 12.1 Å². The minimum Gasteiger partial charge on any atom is -0.364 e. The molecule has 0 unspecified atom stereocenters. The van der Waals surface area contributed by atoms with Gasteiger partial charge in [-0.25, -0.2) is 13.1 Å². The quantitative estimate of drug-likeness (QED) is 0.821. The molecule has 0 radical (unpaired) electrons. The van der Waals surface area contributed by atoms with Crippen LogP contribution in [0.25, 0.3) is 0 Å². The number of para-hydroxylation sites is 1. The third-order valence-corrected chi connectivity index (χ3v) is 8.98. The molecule has 3 fully saturated rings. The van der Waals surface area contributed by atoms with Crippen LogP contribution in [0, 0.1) is 11.3 Å². The second-order valence-corrected chi connectivity index (χ2v) is 11.4. The molecular formula is C22H31N3O3S. The van der Waals surface area contributed by atoms with Crippen molar-refractivity contribution in [3.8, 4) is 0 Å². The minimum atomic E-state index is -3.61. The second-order valence-electron chi connectivity index (χ2n) is 9.69. The molecule has 5 rings (SSSR count). The molecule has 4 aliphatic rings. The summed E-state index contributed by atoms with van der Waals surface area (Å²) < 4.78 is 29.2. The fourth-order valence-electron chi connectivity index (χ4n) is 5.41. The third kappa shape index (κ3) is 3.46. The number of carbonyl (C=O) groups is 1. The number of amides is 1. The van der Waals surface area contributed by atoms with Crippen LogP contribution in [0.4, 0.5) is 5.69 Å². The summed E-state index contributed by atoms with van der Waals surface area (Å²) in [7, 11) is -3.61. The molecule has 1 saturated heterocycles. The van der Waals surface area contributed by atoms with Gasteiger partial charge in [-0.3, -0.25) is 4.79 Å². The van der Waals surface area contributed by atoms with Gasteiger partial charge in [0.15, 0.2) is 0 Å². The first-order valence-corrected chi connectivity index (χ1v) is 12.5. The number of hydrogen-bond donors (Lipinski definition) is 1. The topological polar surface area (TPSA) is 69.7 Å². The number of anilines is 1. The summed E-state index contributed by atoms with van der Waals surface area (Å²) in [5, 5.41) is 0. The molecule has 0 aromatic heterocycles. The molecule has 1 aromatic rings. The van der Waals surface area contributed by atoms with Crippen LogP contribution in [-0.4, -0.2) is 50.9 Å². The van der Waals surface area contributed by atoms with Gasteiger partial charge in [-0.05, 0) is 43.7 Å². The molecule has 0 bridgehead atoms. The Kier molecular flexibility index (Phi) is 4.66. The maximum Gasteiger partial charge on any atom is 0.243 e. The predicted octanol–water partition coefficient (Wildman–Crippen LogP) is 2.74. The highest BCUT2D eigenvalue weighted by molar-refractivity contribution is 7.89. The van der Waals surface area contributed by atoms with Crippen LogP contribution in [0.5, 0.6) is 0 Å². The predicted molar refractivity (Wildman–Crippen MR) is 112 cm³/mol. The van der Waals surface area contributed by atoms with Crippen LogP contribution in [0.3, 0.4) is 0 Å². The van der Waals surface area contributed by atoms with Crippen molar-refractivity contribution in [2.45, 2.75) is 68.8 Å². The molecule has 2 saturated carbocycles. The zero-order chi connectivity index (χ0) is 20.2. The number of hydrogen-bond acceptors (Lipinski definition) is 4. The standard InChI is InChI=1S/C22H31N3O3S/c1-22(11-12-22)21(26)24-14-17-19(15-24)25(13-16-7-3-2-4-8-16)18-9-5-6-10-20(18)29(27,28)23-17/h5-6,9-10,16-17,19,23H,2-4,7-8,11-15H2,1H3/t17-,19+/m1/s1. The number of rotatable bonds is 3. The van der Waals surface area contributed by atoms with E-state index in [1.807, 2.05) is 24.0 Å². The smallest absolute Gasteiger partial charge is 0.243 e. The van der Waals surface area contributed by atoms with Crippen molar-refractivity contribution in [3.63, 3.8) is 0 Å². The molecule has 1 aromatic carbocycles. The summed E-state index contributed by atoms with van der Waals surface area (Å²) in [5.74, 6) is 0.777. The monoisotopic (exact) mass is 417 g/mol. The van der Waals surface area contributed by atoms with Crippen LogP contribution in [-0.2, 0) is 14.8 Å². The van der Waals surface area contributed by atoms with Crippen molar-refractivity contribution in [3.05, 3.63) is 24.3 Å². The van der Waals surface area contributed by atoms with Crippen LogP contribution >= 0.6 is 0 Å². The SMILES string of the molecule is CC1(C(=O)N2C[C@H]3NS(=O)(=O)c4ccccc4N(CC4CCCCC4)[C@H]3C2)CC1. The van der Waals surface area contributed by atoms with E-state index in [-0.39, 0.29) is 23.4 Å². The first-order valence-electron chi connectivity index (χ1n) is 11.0. The van der Waals surface area contributed by atoms with Gasteiger partial charge in [0.1, 0.15) is 4.90 Å². The van der Waals surface area contributed by atoms with Crippen molar-refractivity contribution in [2.75, 3.05) is 24.5 Å². The molecular weight excluding hydrogens is 386 g/mol. The largest absolute Gasteiger partial charge is 0.364 e. The Morgan fingerprint density at radius 1 is 1.14 bits per heavy atom. The lowest BCUT2D eigenvalue weighted by atomic mass is 9.88. The number of likely N-dealkylation sites (tertiary alicyclic amines) is 1. The number of benzene rings is 1. The van der Waals surface area contributed by atoms with Crippen molar-refractivity contribution in [1.29, 1.82) is 0 Å². The van der Waals surface area contributed by atoms with Gasteiger partial charge in [0.25, 0.3) is 0 Å². The lowest BCUT2D eigenvalue weighted by Crippen LogP contribution is -2.50. The lowest BCUT2D eigenvalue weighted by molar-refractivity contribution is -0.135. The molecule has 2 aliphatic carbocycles. The average Bonchev–Trinajstić information content (AvgIpc) is 3.36. The van der Waals surface area contributed by atoms with Gasteiger partial charge in [-0.15, -0.1) is 0 Å². The van der Waals surface area contributed by atoms with E-state index in [4.69, 9.17) is 0 Å². The Hall–Kier alpha value is -1.60. The van der Waals surface area contributed by atoms with Crippen molar-refractivity contribution in [2.24, 2.45) is 11.3 Å². The van der Waals surface area contributed by atoms with Gasteiger partial charge in [0, 0.05) is 25.0 Å². The average molecular weight is 418 g/mol. The molecule has 1 amide bonds. The van der Waals surface area contributed by atoms with Crippen molar-refractivity contribution < 1.29 is 13.2 Å². The molecule has 29 heavy (non-hydrogen) atoms. The zero-order valence-corrected chi connectivity index (χ0v) is 18.0. The van der Waals surface area contributed by atoms with Crippen LogP contribution in [0.15, 0.2) is 29.2 Å². The normalized spacial score (nSPS) is 30.4. The van der Waals surface area contributed by atoms with Gasteiger partial charge in [-0.2, -0.15) is 0 Å². The number of nitrogens with zero attached hydrogens (tertiary/aromatic N) is 2. The van der Waals surface area contributed by atoms with Gasteiger partial charge >= 0.3 is 0 Å². The van der Waals surface area contributed by atoms with Gasteiger partial charge in [-0.1, -0.05) is 38.3 Å². The van der Waals surface area contributed by atoms with E-state index >= 15 is 0 Å². The van der Waals surface area contributed by atoms with E-state index in [0.717, 1.165) is 25.1 Å². The molecule has 0 spiro atoms. The Labute approximate surface area is 173 Å². The van der Waals surface area contributed by atoms with Gasteiger partial charge in [0.05, 0.1) is 17.8 Å². The van der Waals surface area contributed by atoms with E-state index in [1.165, 1.54) is 32.1 Å². The summed E-state index contributed by atoms with van der Waals surface area (Å²) in [5.41, 5.74) is 0.569. The maximum absolute atomic E-state index is 13.1. The summed E-state index contributed by atoms with van der Waals surface area (Å²) in [6.07, 6.45) is 8.11. The molecule has 2 heterocycles. The summed E-state index contributed by atoms with van der Waals surface area (Å²) in [4.78, 5) is 17.6. The van der Waals surface area contributed by atoms with Gasteiger partial charge in [0.2, 0.25) is 15.9 Å². The highest BCUT2D eigenvalue weighted by Gasteiger charge is 2.52. The number of fused-ring (bicyclic) bond motifs is 2. The molecule has 2 aliphatic heterocycles. The molecule has 6 nitrogen and oxygen atoms in total. The highest BCUT2D eigenvalue weighted by atomic mass is 32.2. The Balaban J connectivity index is 1.50. The third-order valence-electron chi connectivity index (χ3n) is 7.44. The lowest BCUT2D eigenvalue weighted by Gasteiger charge is -2.36. The Bertz CT molecular complexity index is 906. The van der Waals surface area contributed by atoms with E-state index < -0.39 is 10.0 Å². The van der Waals surface area contributed by atoms with E-state index in [0.29, 0.717) is 23.9 Å². The molecule has 158 valence electrons. The number of carbonyl (C=O) groups excluding carboxylic acids is 1. The first kappa shape index (κ1) is 19.4. The van der Waals surface area contributed by atoms with Crippen molar-refractivity contribution >= 4 is 21.6 Å². The molecule has 2 atom stereocenters. The summed E-state index contributed by atoms with van der Waals surface area (Å²) >= 11 is 0. The number of nitrogens with one attached hydrogen (secondary N) is 1. The van der Waals surface area contributed by atoms with Crippen LogP contribution < -0.4 is 9.62 Å². The fourth-order valence-corrected chi connectivity index (χ4v) is 6.89. The Morgan fingerprint density at radius 3 is 2.59 bits per heavy atom.